The minimum atomic E-state index is -0.487. The van der Waals surface area contributed by atoms with Crippen molar-refractivity contribution in [2.45, 2.75) is 19.4 Å². The predicted octanol–water partition coefficient (Wildman–Crippen LogP) is 2.80. The molecular formula is C11H13NO2S2. The van der Waals surface area contributed by atoms with Crippen LogP contribution in [0.3, 0.4) is 0 Å². The molecule has 0 radical (unpaired) electrons. The highest BCUT2D eigenvalue weighted by atomic mass is 32.1. The molecule has 1 unspecified atom stereocenters. The highest BCUT2D eigenvalue weighted by molar-refractivity contribution is 7.10. The van der Waals surface area contributed by atoms with Crippen molar-refractivity contribution in [3.8, 4) is 5.75 Å². The number of aromatic nitrogens is 1. The van der Waals surface area contributed by atoms with Crippen molar-refractivity contribution < 1.29 is 9.84 Å². The first kappa shape index (κ1) is 11.6. The number of rotatable bonds is 4. The lowest BCUT2D eigenvalue weighted by molar-refractivity contribution is 0.182. The normalized spacial score (nSPS) is 12.7. The van der Waals surface area contributed by atoms with Crippen LogP contribution in [0, 0.1) is 6.92 Å². The van der Waals surface area contributed by atoms with Crippen molar-refractivity contribution in [2.75, 3.05) is 7.11 Å². The van der Waals surface area contributed by atoms with Gasteiger partial charge in [0, 0.05) is 27.8 Å². The van der Waals surface area contributed by atoms with E-state index >= 15 is 0 Å². The molecule has 0 aromatic carbocycles. The Hall–Kier alpha value is -0.910. The molecule has 2 rings (SSSR count). The number of aliphatic hydroxyl groups is 1. The highest BCUT2D eigenvalue weighted by Gasteiger charge is 2.13. The van der Waals surface area contributed by atoms with E-state index < -0.39 is 6.10 Å². The molecule has 16 heavy (non-hydrogen) atoms. The van der Waals surface area contributed by atoms with E-state index in [9.17, 15) is 5.11 Å². The van der Waals surface area contributed by atoms with Crippen LogP contribution >= 0.6 is 22.7 Å². The van der Waals surface area contributed by atoms with E-state index in [-0.39, 0.29) is 0 Å². The number of aliphatic hydroxyl groups excluding tert-OH is 1. The monoisotopic (exact) mass is 255 g/mol. The molecule has 2 aromatic rings. The van der Waals surface area contributed by atoms with Gasteiger partial charge >= 0.3 is 0 Å². The zero-order valence-electron chi connectivity index (χ0n) is 9.14. The maximum Gasteiger partial charge on any atom is 0.129 e. The van der Waals surface area contributed by atoms with Crippen molar-refractivity contribution in [2.24, 2.45) is 0 Å². The average Bonchev–Trinajstić information content (AvgIpc) is 2.87. The van der Waals surface area contributed by atoms with E-state index in [1.54, 1.807) is 18.4 Å². The standard InChI is InChI=1S/C11H13NO2S2/c1-7-5-16-11(12-7)4-9(13)10-3-8(14-2)6-15-10/h3,5-6,9,13H,4H2,1-2H3. The number of methoxy groups -OCH3 is 1. The van der Waals surface area contributed by atoms with Gasteiger partial charge in [-0.3, -0.25) is 0 Å². The number of hydrogen-bond acceptors (Lipinski definition) is 5. The first-order valence-electron chi connectivity index (χ1n) is 4.90. The summed E-state index contributed by atoms with van der Waals surface area (Å²) >= 11 is 3.10. The van der Waals surface area contributed by atoms with Crippen LogP contribution in [0.15, 0.2) is 16.8 Å². The van der Waals surface area contributed by atoms with E-state index in [1.807, 2.05) is 23.8 Å². The number of nitrogens with zero attached hydrogens (tertiary/aromatic N) is 1. The Balaban J connectivity index is 2.05. The molecule has 3 nitrogen and oxygen atoms in total. The molecule has 1 atom stereocenters. The van der Waals surface area contributed by atoms with Crippen LogP contribution in [0.4, 0.5) is 0 Å². The number of thiophene rings is 1. The SMILES string of the molecule is COc1csc(C(O)Cc2nc(C)cs2)c1. The molecule has 0 fully saturated rings. The Labute approximate surface area is 102 Å². The quantitative estimate of drug-likeness (QED) is 0.913. The lowest BCUT2D eigenvalue weighted by Gasteiger charge is -2.05. The van der Waals surface area contributed by atoms with Gasteiger partial charge in [0.2, 0.25) is 0 Å². The summed E-state index contributed by atoms with van der Waals surface area (Å²) in [5.41, 5.74) is 1.01. The summed E-state index contributed by atoms with van der Waals surface area (Å²) in [6.07, 6.45) is 0.0850. The molecule has 0 saturated heterocycles. The average molecular weight is 255 g/mol. The fraction of sp³-hybridized carbons (Fsp3) is 0.364. The molecule has 86 valence electrons. The van der Waals surface area contributed by atoms with Gasteiger partial charge in [-0.15, -0.1) is 22.7 Å². The number of ether oxygens (including phenoxy) is 1. The largest absolute Gasteiger partial charge is 0.496 e. The fourth-order valence-electron chi connectivity index (χ4n) is 1.38. The van der Waals surface area contributed by atoms with E-state index in [0.29, 0.717) is 6.42 Å². The van der Waals surface area contributed by atoms with Crippen LogP contribution in [-0.2, 0) is 6.42 Å². The molecule has 0 aliphatic carbocycles. The Kier molecular flexibility index (Phi) is 3.58. The third-order valence-corrected chi connectivity index (χ3v) is 4.20. The zero-order valence-corrected chi connectivity index (χ0v) is 10.8. The van der Waals surface area contributed by atoms with Gasteiger partial charge in [-0.25, -0.2) is 4.98 Å². The lowest BCUT2D eigenvalue weighted by Crippen LogP contribution is -1.99. The number of aryl methyl sites for hydroxylation is 1. The Morgan fingerprint density at radius 1 is 1.44 bits per heavy atom. The van der Waals surface area contributed by atoms with Crippen molar-refractivity contribution in [3.05, 3.63) is 32.4 Å². The number of hydrogen-bond donors (Lipinski definition) is 1. The Morgan fingerprint density at radius 3 is 2.81 bits per heavy atom. The summed E-state index contributed by atoms with van der Waals surface area (Å²) in [5, 5.41) is 14.9. The second-order valence-electron chi connectivity index (χ2n) is 3.49. The summed E-state index contributed by atoms with van der Waals surface area (Å²) in [5.74, 6) is 0.800. The third kappa shape index (κ3) is 2.61. The maximum absolute atomic E-state index is 10.0. The van der Waals surface area contributed by atoms with Crippen LogP contribution < -0.4 is 4.74 Å². The third-order valence-electron chi connectivity index (χ3n) is 2.19. The molecule has 0 aliphatic rings. The number of thiazole rings is 1. The predicted molar refractivity (Wildman–Crippen MR) is 66.4 cm³/mol. The summed E-state index contributed by atoms with van der Waals surface area (Å²) in [6, 6.07) is 1.87. The van der Waals surface area contributed by atoms with Gasteiger partial charge < -0.3 is 9.84 Å². The molecule has 1 N–H and O–H groups in total. The smallest absolute Gasteiger partial charge is 0.129 e. The van der Waals surface area contributed by atoms with Crippen LogP contribution in [-0.4, -0.2) is 17.2 Å². The molecule has 0 bridgehead atoms. The van der Waals surface area contributed by atoms with Gasteiger partial charge in [-0.1, -0.05) is 0 Å². The minimum absolute atomic E-state index is 0.487. The van der Waals surface area contributed by atoms with Crippen LogP contribution in [0.1, 0.15) is 21.7 Å². The Bertz CT molecular complexity index is 464. The Morgan fingerprint density at radius 2 is 2.25 bits per heavy atom. The van der Waals surface area contributed by atoms with Gasteiger partial charge in [-0.2, -0.15) is 0 Å². The van der Waals surface area contributed by atoms with Crippen LogP contribution in [0.25, 0.3) is 0 Å². The van der Waals surface area contributed by atoms with E-state index in [0.717, 1.165) is 21.3 Å². The van der Waals surface area contributed by atoms with Crippen LogP contribution in [0.2, 0.25) is 0 Å². The first-order chi connectivity index (χ1) is 7.69. The summed E-state index contributed by atoms with van der Waals surface area (Å²) in [6.45, 7) is 1.96. The van der Waals surface area contributed by atoms with E-state index in [4.69, 9.17) is 4.74 Å². The molecule has 0 saturated carbocycles. The van der Waals surface area contributed by atoms with E-state index in [2.05, 4.69) is 4.98 Å². The molecule has 2 aromatic heterocycles. The summed E-state index contributed by atoms with van der Waals surface area (Å²) < 4.78 is 5.09. The van der Waals surface area contributed by atoms with Crippen LogP contribution in [0.5, 0.6) is 5.75 Å². The van der Waals surface area contributed by atoms with E-state index in [1.165, 1.54) is 11.3 Å². The topological polar surface area (TPSA) is 42.4 Å². The van der Waals surface area contributed by atoms with Gasteiger partial charge in [0.1, 0.15) is 5.75 Å². The second kappa shape index (κ2) is 4.95. The molecule has 0 spiro atoms. The molecule has 0 aliphatic heterocycles. The van der Waals surface area contributed by atoms with Crippen molar-refractivity contribution >= 4 is 22.7 Å². The van der Waals surface area contributed by atoms with Crippen molar-refractivity contribution in [1.29, 1.82) is 0 Å². The van der Waals surface area contributed by atoms with Crippen molar-refractivity contribution in [3.63, 3.8) is 0 Å². The maximum atomic E-state index is 10.0. The fourth-order valence-corrected chi connectivity index (χ4v) is 3.03. The molecular weight excluding hydrogens is 242 g/mol. The van der Waals surface area contributed by atoms with Gasteiger partial charge in [0.25, 0.3) is 0 Å². The minimum Gasteiger partial charge on any atom is -0.496 e. The van der Waals surface area contributed by atoms with Crippen molar-refractivity contribution in [1.82, 2.24) is 4.98 Å². The first-order valence-corrected chi connectivity index (χ1v) is 6.66. The zero-order chi connectivity index (χ0) is 11.5. The molecule has 2 heterocycles. The lowest BCUT2D eigenvalue weighted by atomic mass is 10.2. The van der Waals surface area contributed by atoms with Gasteiger partial charge in [0.15, 0.2) is 0 Å². The highest BCUT2D eigenvalue weighted by Crippen LogP contribution is 2.29. The summed E-state index contributed by atoms with van der Waals surface area (Å²) in [4.78, 5) is 5.26. The van der Waals surface area contributed by atoms with Gasteiger partial charge in [0.05, 0.1) is 18.2 Å². The molecule has 0 amide bonds. The van der Waals surface area contributed by atoms with Gasteiger partial charge in [-0.05, 0) is 13.0 Å². The molecule has 5 heteroatoms. The second-order valence-corrected chi connectivity index (χ2v) is 5.38. The summed E-state index contributed by atoms with van der Waals surface area (Å²) in [7, 11) is 1.63.